The average molecular weight is 438 g/mol. The third kappa shape index (κ3) is 4.83. The number of rotatable bonds is 6. The van der Waals surface area contributed by atoms with Crippen LogP contribution in [0.3, 0.4) is 0 Å². The van der Waals surface area contributed by atoms with E-state index in [1.807, 2.05) is 12.1 Å². The molecule has 2 heterocycles. The zero-order chi connectivity index (χ0) is 21.8. The zero-order valence-corrected chi connectivity index (χ0v) is 17.2. The second-order valence-electron chi connectivity index (χ2n) is 6.38. The Kier molecular flexibility index (Phi) is 5.85. The van der Waals surface area contributed by atoms with Crippen LogP contribution in [0.15, 0.2) is 47.4 Å². The summed E-state index contributed by atoms with van der Waals surface area (Å²) >= 11 is 1.41. The lowest BCUT2D eigenvalue weighted by Gasteiger charge is -2.16. The van der Waals surface area contributed by atoms with E-state index in [0.717, 1.165) is 4.90 Å². The maximum Gasteiger partial charge on any atom is 0.338 e. The molecular weight excluding hydrogens is 420 g/mol. The van der Waals surface area contributed by atoms with Gasteiger partial charge in [0, 0.05) is 4.90 Å². The lowest BCUT2D eigenvalue weighted by Crippen LogP contribution is -2.19. The number of para-hydroxylation sites is 2. The van der Waals surface area contributed by atoms with Crippen LogP contribution in [0.1, 0.15) is 16.2 Å². The van der Waals surface area contributed by atoms with Crippen molar-refractivity contribution in [3.05, 3.63) is 53.9 Å². The van der Waals surface area contributed by atoms with Crippen molar-refractivity contribution in [1.29, 1.82) is 0 Å². The van der Waals surface area contributed by atoms with Gasteiger partial charge in [-0.25, -0.2) is 4.79 Å². The van der Waals surface area contributed by atoms with E-state index in [4.69, 9.17) is 15.2 Å². The first kappa shape index (κ1) is 20.4. The first-order chi connectivity index (χ1) is 15.0. The Morgan fingerprint density at radius 2 is 2.06 bits per heavy atom. The first-order valence-electron chi connectivity index (χ1n) is 9.16. The smallest absolute Gasteiger partial charge is 0.338 e. The van der Waals surface area contributed by atoms with Gasteiger partial charge in [-0.3, -0.25) is 4.79 Å². The number of amides is 1. The molecule has 0 saturated carbocycles. The van der Waals surface area contributed by atoms with Crippen LogP contribution in [-0.2, 0) is 16.1 Å². The molecule has 158 valence electrons. The van der Waals surface area contributed by atoms with E-state index in [2.05, 4.69) is 25.6 Å². The molecule has 0 atom stereocenters. The lowest BCUT2D eigenvalue weighted by atomic mass is 10.2. The molecule has 0 saturated heterocycles. The predicted molar refractivity (Wildman–Crippen MR) is 115 cm³/mol. The topological polar surface area (TPSA) is 141 Å². The summed E-state index contributed by atoms with van der Waals surface area (Å²) in [7, 11) is 1.55. The summed E-state index contributed by atoms with van der Waals surface area (Å²) < 4.78 is 10.6. The van der Waals surface area contributed by atoms with Crippen LogP contribution in [0, 0.1) is 0 Å². The number of nitrogens with one attached hydrogen (secondary N) is 2. The average Bonchev–Trinajstić information content (AvgIpc) is 2.77. The van der Waals surface area contributed by atoms with Crippen LogP contribution in [0.2, 0.25) is 0 Å². The van der Waals surface area contributed by atoms with Crippen molar-refractivity contribution in [3.8, 4) is 5.75 Å². The number of nitrogen functional groups attached to an aromatic ring is 1. The number of ether oxygens (including phenoxy) is 2. The minimum atomic E-state index is -0.578. The van der Waals surface area contributed by atoms with Gasteiger partial charge in [0.05, 0.1) is 29.8 Å². The van der Waals surface area contributed by atoms with Gasteiger partial charge in [0.15, 0.2) is 12.4 Å². The van der Waals surface area contributed by atoms with Gasteiger partial charge in [-0.2, -0.15) is 15.0 Å². The molecule has 4 rings (SSSR count). The van der Waals surface area contributed by atoms with Crippen LogP contribution < -0.4 is 21.1 Å². The standard InChI is InChI=1S/C20H18N6O4S/c1-29-14-5-3-2-4-12(14)23-20-25-16(24-19(21)26-20)9-30-18(28)11-6-7-15-13(8-11)22-17(27)10-31-15/h2-8H,9-10H2,1H3,(H,22,27)(H3,21,23,24,25,26). The molecule has 0 aliphatic carbocycles. The maximum atomic E-state index is 12.5. The summed E-state index contributed by atoms with van der Waals surface area (Å²) in [5.41, 5.74) is 7.31. The lowest BCUT2D eigenvalue weighted by molar-refractivity contribution is -0.113. The molecule has 0 spiro atoms. The van der Waals surface area contributed by atoms with Gasteiger partial charge in [-0.1, -0.05) is 12.1 Å². The van der Waals surface area contributed by atoms with E-state index in [1.54, 1.807) is 37.4 Å². The van der Waals surface area contributed by atoms with Gasteiger partial charge in [0.1, 0.15) is 5.75 Å². The monoisotopic (exact) mass is 438 g/mol. The van der Waals surface area contributed by atoms with E-state index in [1.165, 1.54) is 11.8 Å². The molecule has 11 heteroatoms. The normalized spacial score (nSPS) is 12.5. The van der Waals surface area contributed by atoms with E-state index in [-0.39, 0.29) is 30.2 Å². The minimum absolute atomic E-state index is 0.0213. The molecule has 31 heavy (non-hydrogen) atoms. The minimum Gasteiger partial charge on any atom is -0.495 e. The largest absolute Gasteiger partial charge is 0.495 e. The van der Waals surface area contributed by atoms with Crippen molar-refractivity contribution >= 4 is 46.9 Å². The van der Waals surface area contributed by atoms with Crippen molar-refractivity contribution in [1.82, 2.24) is 15.0 Å². The number of nitrogens with two attached hydrogens (primary N) is 1. The number of hydrogen-bond donors (Lipinski definition) is 3. The summed E-state index contributed by atoms with van der Waals surface area (Å²) in [6, 6.07) is 12.2. The Balaban J connectivity index is 1.46. The third-order valence-corrected chi connectivity index (χ3v) is 5.31. The molecule has 3 aromatic rings. The molecule has 10 nitrogen and oxygen atoms in total. The van der Waals surface area contributed by atoms with Gasteiger partial charge in [0.25, 0.3) is 0 Å². The number of nitrogens with zero attached hydrogens (tertiary/aromatic N) is 3. The molecule has 0 radical (unpaired) electrons. The van der Waals surface area contributed by atoms with E-state index >= 15 is 0 Å². The Morgan fingerprint density at radius 1 is 1.23 bits per heavy atom. The molecule has 0 bridgehead atoms. The molecule has 1 aromatic heterocycles. The highest BCUT2D eigenvalue weighted by Crippen LogP contribution is 2.32. The number of fused-ring (bicyclic) bond motifs is 1. The quantitative estimate of drug-likeness (QED) is 0.492. The summed E-state index contributed by atoms with van der Waals surface area (Å²) in [6.45, 7) is -0.204. The number of methoxy groups -OCH3 is 1. The van der Waals surface area contributed by atoms with Gasteiger partial charge in [0.2, 0.25) is 17.8 Å². The fraction of sp³-hybridized carbons (Fsp3) is 0.150. The summed E-state index contributed by atoms with van der Waals surface area (Å²) in [6.07, 6.45) is 0. The number of carbonyl (C=O) groups is 2. The second kappa shape index (κ2) is 8.88. The third-order valence-electron chi connectivity index (χ3n) is 4.23. The fourth-order valence-electron chi connectivity index (χ4n) is 2.85. The molecule has 2 aromatic carbocycles. The van der Waals surface area contributed by atoms with Crippen LogP contribution in [0.4, 0.5) is 23.3 Å². The van der Waals surface area contributed by atoms with E-state index in [0.29, 0.717) is 28.4 Å². The Hall–Kier alpha value is -3.86. The van der Waals surface area contributed by atoms with Crippen LogP contribution >= 0.6 is 11.8 Å². The molecule has 1 aliphatic heterocycles. The SMILES string of the molecule is COc1ccccc1Nc1nc(N)nc(COC(=O)c2ccc3c(c2)NC(=O)CS3)n1. The Labute approximate surface area is 181 Å². The van der Waals surface area contributed by atoms with Gasteiger partial charge in [-0.05, 0) is 30.3 Å². The van der Waals surface area contributed by atoms with Gasteiger partial charge < -0.3 is 25.8 Å². The highest BCUT2D eigenvalue weighted by molar-refractivity contribution is 8.00. The molecule has 0 fully saturated rings. The van der Waals surface area contributed by atoms with Gasteiger partial charge >= 0.3 is 5.97 Å². The highest BCUT2D eigenvalue weighted by Gasteiger charge is 2.18. The maximum absolute atomic E-state index is 12.5. The fourth-order valence-corrected chi connectivity index (χ4v) is 3.64. The van der Waals surface area contributed by atoms with E-state index in [9.17, 15) is 9.59 Å². The molecule has 0 unspecified atom stereocenters. The van der Waals surface area contributed by atoms with Crippen molar-refractivity contribution in [2.24, 2.45) is 0 Å². The molecule has 1 amide bonds. The molecular formula is C20H18N6O4S. The summed E-state index contributed by atoms with van der Waals surface area (Å²) in [5.74, 6) is 0.614. The van der Waals surface area contributed by atoms with Gasteiger partial charge in [-0.15, -0.1) is 11.8 Å². The number of thioether (sulfide) groups is 1. The second-order valence-corrected chi connectivity index (χ2v) is 7.40. The number of benzene rings is 2. The zero-order valence-electron chi connectivity index (χ0n) is 16.4. The summed E-state index contributed by atoms with van der Waals surface area (Å²) in [5, 5.41) is 5.75. The summed E-state index contributed by atoms with van der Waals surface area (Å²) in [4.78, 5) is 37.2. The Bertz CT molecular complexity index is 1160. The number of hydrogen-bond acceptors (Lipinski definition) is 10. The van der Waals surface area contributed by atoms with E-state index < -0.39 is 5.97 Å². The van der Waals surface area contributed by atoms with Crippen molar-refractivity contribution in [2.75, 3.05) is 29.2 Å². The van der Waals surface area contributed by atoms with Crippen LogP contribution in [0.25, 0.3) is 0 Å². The van der Waals surface area contributed by atoms with Crippen molar-refractivity contribution < 1.29 is 19.1 Å². The Morgan fingerprint density at radius 3 is 2.90 bits per heavy atom. The van der Waals surface area contributed by atoms with Crippen LogP contribution in [-0.4, -0.2) is 39.7 Å². The highest BCUT2D eigenvalue weighted by atomic mass is 32.2. The number of aromatic nitrogens is 3. The first-order valence-corrected chi connectivity index (χ1v) is 10.1. The predicted octanol–water partition coefficient (Wildman–Crippen LogP) is 2.61. The van der Waals surface area contributed by atoms with Crippen molar-refractivity contribution in [3.63, 3.8) is 0 Å². The molecule has 1 aliphatic rings. The molecule has 4 N–H and O–H groups in total. The number of carbonyl (C=O) groups excluding carboxylic acids is 2. The van der Waals surface area contributed by atoms with Crippen molar-refractivity contribution in [2.45, 2.75) is 11.5 Å². The van der Waals surface area contributed by atoms with Crippen LogP contribution in [0.5, 0.6) is 5.75 Å². The number of esters is 1. The number of anilines is 4.